The molecule has 0 aromatic heterocycles. The van der Waals surface area contributed by atoms with E-state index in [-0.39, 0.29) is 0 Å². The maximum absolute atomic E-state index is 4.10. The van der Waals surface area contributed by atoms with Crippen molar-refractivity contribution in [2.75, 3.05) is 0 Å². The first-order valence-electron chi connectivity index (χ1n) is 6.19. The van der Waals surface area contributed by atoms with Gasteiger partial charge in [0.25, 0.3) is 0 Å². The maximum Gasteiger partial charge on any atom is -0.0209 e. The normalized spacial score (nSPS) is 32.3. The third-order valence-electron chi connectivity index (χ3n) is 4.42. The molecule has 0 bridgehead atoms. The maximum atomic E-state index is 4.10. The molecule has 1 aliphatic rings. The molecular formula is C14H26. The molecule has 0 aromatic carbocycles. The molecule has 0 heterocycles. The summed E-state index contributed by atoms with van der Waals surface area (Å²) in [5.74, 6) is 3.39. The Hall–Kier alpha value is -0.260. The van der Waals surface area contributed by atoms with Gasteiger partial charge in [-0.25, -0.2) is 0 Å². The highest BCUT2D eigenvalue weighted by atomic mass is 14.3. The van der Waals surface area contributed by atoms with Gasteiger partial charge in [0.05, 0.1) is 0 Å². The van der Waals surface area contributed by atoms with E-state index in [9.17, 15) is 0 Å². The first-order chi connectivity index (χ1) is 6.54. The lowest BCUT2D eigenvalue weighted by atomic mass is 9.69. The predicted octanol–water partition coefficient (Wildman–Crippen LogP) is 4.66. The molecule has 1 rings (SSSR count). The van der Waals surface area contributed by atoms with Crippen LogP contribution in [0.4, 0.5) is 0 Å². The molecule has 0 saturated heterocycles. The summed E-state index contributed by atoms with van der Waals surface area (Å²) in [5, 5.41) is 0. The molecule has 1 saturated carbocycles. The zero-order chi connectivity index (χ0) is 10.7. The molecule has 4 atom stereocenters. The van der Waals surface area contributed by atoms with Gasteiger partial charge in [-0.3, -0.25) is 0 Å². The Labute approximate surface area is 89.8 Å². The lowest BCUT2D eigenvalue weighted by Gasteiger charge is -2.36. The van der Waals surface area contributed by atoms with Crippen molar-refractivity contribution >= 4 is 0 Å². The standard InChI is InChI=1S/C14H26/c1-10(2)12(4)13(5)14-9-7-6-8-11(14)3/h11-14H,1,6-9H2,2-5H3. The van der Waals surface area contributed by atoms with Gasteiger partial charge in [-0.1, -0.05) is 52.2 Å². The third-order valence-corrected chi connectivity index (χ3v) is 4.42. The van der Waals surface area contributed by atoms with Crippen molar-refractivity contribution in [3.8, 4) is 0 Å². The zero-order valence-electron chi connectivity index (χ0n) is 10.3. The number of hydrogen-bond donors (Lipinski definition) is 0. The molecule has 0 amide bonds. The van der Waals surface area contributed by atoms with E-state index in [1.165, 1.54) is 31.3 Å². The second kappa shape index (κ2) is 5.00. The van der Waals surface area contributed by atoms with Crippen LogP contribution in [0.25, 0.3) is 0 Å². The van der Waals surface area contributed by atoms with Crippen LogP contribution in [-0.2, 0) is 0 Å². The van der Waals surface area contributed by atoms with Crippen molar-refractivity contribution in [3.63, 3.8) is 0 Å². The topological polar surface area (TPSA) is 0 Å². The average Bonchev–Trinajstić information content (AvgIpc) is 2.16. The first-order valence-corrected chi connectivity index (χ1v) is 6.19. The van der Waals surface area contributed by atoms with E-state index in [2.05, 4.69) is 34.3 Å². The van der Waals surface area contributed by atoms with E-state index in [4.69, 9.17) is 0 Å². The monoisotopic (exact) mass is 194 g/mol. The van der Waals surface area contributed by atoms with Crippen LogP contribution in [0.3, 0.4) is 0 Å². The lowest BCUT2D eigenvalue weighted by molar-refractivity contribution is 0.156. The largest absolute Gasteiger partial charge is 0.0999 e. The van der Waals surface area contributed by atoms with Crippen molar-refractivity contribution < 1.29 is 0 Å². The average molecular weight is 194 g/mol. The van der Waals surface area contributed by atoms with E-state index in [0.717, 1.165) is 17.8 Å². The third kappa shape index (κ3) is 2.62. The Morgan fingerprint density at radius 1 is 1.21 bits per heavy atom. The minimum atomic E-state index is 0.695. The Kier molecular flexibility index (Phi) is 4.22. The quantitative estimate of drug-likeness (QED) is 0.573. The lowest BCUT2D eigenvalue weighted by Crippen LogP contribution is -2.27. The SMILES string of the molecule is C=C(C)C(C)C(C)C1CCCCC1C. The minimum absolute atomic E-state index is 0.695. The highest BCUT2D eigenvalue weighted by Crippen LogP contribution is 2.39. The predicted molar refractivity (Wildman–Crippen MR) is 64.3 cm³/mol. The van der Waals surface area contributed by atoms with E-state index in [0.29, 0.717) is 5.92 Å². The van der Waals surface area contributed by atoms with Gasteiger partial charge in [0.1, 0.15) is 0 Å². The molecule has 0 radical (unpaired) electrons. The second-order valence-electron chi connectivity index (χ2n) is 5.42. The van der Waals surface area contributed by atoms with Crippen molar-refractivity contribution in [2.24, 2.45) is 23.7 Å². The molecule has 0 aliphatic heterocycles. The van der Waals surface area contributed by atoms with Crippen molar-refractivity contribution in [3.05, 3.63) is 12.2 Å². The van der Waals surface area contributed by atoms with E-state index < -0.39 is 0 Å². The van der Waals surface area contributed by atoms with E-state index in [1.54, 1.807) is 0 Å². The van der Waals surface area contributed by atoms with Gasteiger partial charge < -0.3 is 0 Å². The molecule has 0 N–H and O–H groups in total. The molecule has 1 fully saturated rings. The molecule has 1 aliphatic carbocycles. The van der Waals surface area contributed by atoms with E-state index >= 15 is 0 Å². The van der Waals surface area contributed by atoms with Gasteiger partial charge in [0, 0.05) is 0 Å². The Balaban J connectivity index is 2.57. The van der Waals surface area contributed by atoms with Crippen LogP contribution in [0.15, 0.2) is 12.2 Å². The minimum Gasteiger partial charge on any atom is -0.0999 e. The summed E-state index contributed by atoms with van der Waals surface area (Å²) in [6.45, 7) is 13.5. The summed E-state index contributed by atoms with van der Waals surface area (Å²) < 4.78 is 0. The van der Waals surface area contributed by atoms with Crippen LogP contribution in [0.2, 0.25) is 0 Å². The van der Waals surface area contributed by atoms with Crippen molar-refractivity contribution in [1.82, 2.24) is 0 Å². The zero-order valence-corrected chi connectivity index (χ0v) is 10.3. The Bertz CT molecular complexity index is 192. The fourth-order valence-corrected chi connectivity index (χ4v) is 2.95. The van der Waals surface area contributed by atoms with Gasteiger partial charge in [-0.05, 0) is 37.0 Å². The van der Waals surface area contributed by atoms with Crippen LogP contribution >= 0.6 is 0 Å². The van der Waals surface area contributed by atoms with Gasteiger partial charge in [0.2, 0.25) is 0 Å². The van der Waals surface area contributed by atoms with Crippen LogP contribution < -0.4 is 0 Å². The van der Waals surface area contributed by atoms with E-state index in [1.807, 2.05) is 0 Å². The Morgan fingerprint density at radius 3 is 2.29 bits per heavy atom. The van der Waals surface area contributed by atoms with Gasteiger partial charge >= 0.3 is 0 Å². The summed E-state index contributed by atoms with van der Waals surface area (Å²) in [6.07, 6.45) is 5.78. The highest BCUT2D eigenvalue weighted by molar-refractivity contribution is 4.98. The summed E-state index contributed by atoms with van der Waals surface area (Å²) >= 11 is 0. The molecule has 0 nitrogen and oxygen atoms in total. The molecular weight excluding hydrogens is 168 g/mol. The van der Waals surface area contributed by atoms with Crippen LogP contribution in [-0.4, -0.2) is 0 Å². The van der Waals surface area contributed by atoms with Crippen LogP contribution in [0, 0.1) is 23.7 Å². The number of rotatable bonds is 3. The molecule has 0 aromatic rings. The van der Waals surface area contributed by atoms with Crippen LogP contribution in [0.5, 0.6) is 0 Å². The highest BCUT2D eigenvalue weighted by Gasteiger charge is 2.29. The number of allylic oxidation sites excluding steroid dienone is 1. The molecule has 0 spiro atoms. The smallest absolute Gasteiger partial charge is 0.0209 e. The van der Waals surface area contributed by atoms with Crippen molar-refractivity contribution in [2.45, 2.75) is 53.4 Å². The number of hydrogen-bond acceptors (Lipinski definition) is 0. The first kappa shape index (κ1) is 11.8. The summed E-state index contributed by atoms with van der Waals surface area (Å²) in [4.78, 5) is 0. The summed E-state index contributed by atoms with van der Waals surface area (Å²) in [6, 6.07) is 0. The summed E-state index contributed by atoms with van der Waals surface area (Å²) in [7, 11) is 0. The molecule has 0 heteroatoms. The van der Waals surface area contributed by atoms with Gasteiger partial charge in [-0.2, -0.15) is 0 Å². The summed E-state index contributed by atoms with van der Waals surface area (Å²) in [5.41, 5.74) is 1.36. The van der Waals surface area contributed by atoms with Crippen LogP contribution in [0.1, 0.15) is 53.4 Å². The van der Waals surface area contributed by atoms with Gasteiger partial charge in [0.15, 0.2) is 0 Å². The molecule has 4 unspecified atom stereocenters. The second-order valence-corrected chi connectivity index (χ2v) is 5.42. The van der Waals surface area contributed by atoms with Gasteiger partial charge in [-0.15, -0.1) is 0 Å². The van der Waals surface area contributed by atoms with Crippen molar-refractivity contribution in [1.29, 1.82) is 0 Å². The molecule has 14 heavy (non-hydrogen) atoms. The molecule has 82 valence electrons. The Morgan fingerprint density at radius 2 is 1.79 bits per heavy atom. The fraction of sp³-hybridized carbons (Fsp3) is 0.857. The fourth-order valence-electron chi connectivity index (χ4n) is 2.95.